The smallest absolute Gasteiger partial charge is 0.315 e. The van der Waals surface area contributed by atoms with Gasteiger partial charge in [-0.1, -0.05) is 18.2 Å². The fourth-order valence-corrected chi connectivity index (χ4v) is 2.46. The van der Waals surface area contributed by atoms with Crippen molar-refractivity contribution in [1.29, 1.82) is 0 Å². The number of amides is 2. The molecule has 7 nitrogen and oxygen atoms in total. The minimum atomic E-state index is -0.266. The van der Waals surface area contributed by atoms with Crippen molar-refractivity contribution in [2.75, 3.05) is 0 Å². The van der Waals surface area contributed by atoms with Crippen LogP contribution in [0.2, 0.25) is 0 Å². The van der Waals surface area contributed by atoms with Crippen molar-refractivity contribution in [2.45, 2.75) is 45.9 Å². The molecule has 2 amide bonds. The molecule has 2 aromatic rings. The molecule has 0 aliphatic heterocycles. The van der Waals surface area contributed by atoms with Crippen molar-refractivity contribution < 1.29 is 9.53 Å². The van der Waals surface area contributed by atoms with Crippen LogP contribution in [0.1, 0.15) is 51.2 Å². The topological polar surface area (TPSA) is 81.1 Å². The van der Waals surface area contributed by atoms with E-state index in [0.29, 0.717) is 5.82 Å². The predicted octanol–water partition coefficient (Wildman–Crippen LogP) is 2.72. The molecule has 1 aromatic carbocycles. The monoisotopic (exact) mass is 331 g/mol. The molecule has 0 aliphatic rings. The van der Waals surface area contributed by atoms with Crippen LogP contribution in [0.15, 0.2) is 30.6 Å². The van der Waals surface area contributed by atoms with Gasteiger partial charge in [-0.05, 0) is 33.8 Å². The zero-order valence-corrected chi connectivity index (χ0v) is 14.8. The number of carbonyl (C=O) groups excluding carboxylic acids is 1. The van der Waals surface area contributed by atoms with Gasteiger partial charge in [0.15, 0.2) is 5.82 Å². The Morgan fingerprint density at radius 3 is 2.42 bits per heavy atom. The van der Waals surface area contributed by atoms with E-state index in [0.717, 1.165) is 11.3 Å². The Labute approximate surface area is 142 Å². The molecule has 24 heavy (non-hydrogen) atoms. The van der Waals surface area contributed by atoms with Gasteiger partial charge in [0.1, 0.15) is 12.1 Å². The minimum absolute atomic E-state index is 0.0723. The summed E-state index contributed by atoms with van der Waals surface area (Å²) in [4.78, 5) is 12.3. The van der Waals surface area contributed by atoms with E-state index in [1.165, 1.54) is 0 Å². The lowest BCUT2D eigenvalue weighted by molar-refractivity contribution is 0.230. The average molecular weight is 331 g/mol. The summed E-state index contributed by atoms with van der Waals surface area (Å²) in [5, 5.41) is 13.6. The highest BCUT2D eigenvalue weighted by Gasteiger charge is 2.18. The number of hydrogen-bond donors (Lipinski definition) is 2. The van der Waals surface area contributed by atoms with Crippen molar-refractivity contribution in [3.63, 3.8) is 0 Å². The number of aryl methyl sites for hydroxylation is 1. The number of benzene rings is 1. The largest absolute Gasteiger partial charge is 0.491 e. The van der Waals surface area contributed by atoms with Crippen molar-refractivity contribution in [3.8, 4) is 5.75 Å². The number of para-hydroxylation sites is 1. The van der Waals surface area contributed by atoms with Crippen molar-refractivity contribution in [3.05, 3.63) is 42.0 Å². The Balaban J connectivity index is 2.00. The molecule has 0 fully saturated rings. The highest BCUT2D eigenvalue weighted by molar-refractivity contribution is 5.75. The molecule has 0 saturated heterocycles. The van der Waals surface area contributed by atoms with E-state index >= 15 is 0 Å². The maximum Gasteiger partial charge on any atom is 0.315 e. The second-order valence-corrected chi connectivity index (χ2v) is 6.07. The normalized spacial score (nSPS) is 13.4. The zero-order valence-electron chi connectivity index (χ0n) is 14.8. The van der Waals surface area contributed by atoms with Gasteiger partial charge >= 0.3 is 6.03 Å². The lowest BCUT2D eigenvalue weighted by Gasteiger charge is -2.21. The summed E-state index contributed by atoms with van der Waals surface area (Å²) in [6.07, 6.45) is 1.68. The van der Waals surface area contributed by atoms with Crippen LogP contribution in [0.5, 0.6) is 5.75 Å². The Morgan fingerprint density at radius 1 is 1.12 bits per heavy atom. The number of urea groups is 1. The van der Waals surface area contributed by atoms with Crippen LogP contribution in [-0.4, -0.2) is 26.9 Å². The van der Waals surface area contributed by atoms with Crippen LogP contribution in [0.4, 0.5) is 4.79 Å². The number of aromatic nitrogens is 3. The summed E-state index contributed by atoms with van der Waals surface area (Å²) in [6.45, 7) is 7.74. The zero-order chi connectivity index (χ0) is 17.7. The third-order valence-corrected chi connectivity index (χ3v) is 3.58. The molecule has 1 heterocycles. The highest BCUT2D eigenvalue weighted by Crippen LogP contribution is 2.25. The summed E-state index contributed by atoms with van der Waals surface area (Å²) >= 11 is 0. The van der Waals surface area contributed by atoms with Gasteiger partial charge in [0, 0.05) is 12.6 Å². The Bertz CT molecular complexity index is 683. The van der Waals surface area contributed by atoms with Gasteiger partial charge < -0.3 is 19.9 Å². The molecule has 1 aromatic heterocycles. The fraction of sp³-hybridized carbons (Fsp3) is 0.471. The molecule has 7 heteroatoms. The van der Waals surface area contributed by atoms with Crippen molar-refractivity contribution in [2.24, 2.45) is 7.05 Å². The van der Waals surface area contributed by atoms with Crippen LogP contribution in [0.3, 0.4) is 0 Å². The summed E-state index contributed by atoms with van der Waals surface area (Å²) in [6, 6.07) is 7.02. The minimum Gasteiger partial charge on any atom is -0.491 e. The Morgan fingerprint density at radius 2 is 1.79 bits per heavy atom. The summed E-state index contributed by atoms with van der Waals surface area (Å²) in [5.41, 5.74) is 0.938. The molecule has 2 rings (SSSR count). The fourth-order valence-electron chi connectivity index (χ4n) is 2.46. The van der Waals surface area contributed by atoms with E-state index in [9.17, 15) is 4.79 Å². The summed E-state index contributed by atoms with van der Waals surface area (Å²) in [7, 11) is 1.84. The van der Waals surface area contributed by atoms with E-state index in [2.05, 4.69) is 20.8 Å². The first-order chi connectivity index (χ1) is 11.4. The van der Waals surface area contributed by atoms with Gasteiger partial charge in [0.25, 0.3) is 0 Å². The van der Waals surface area contributed by atoms with E-state index in [-0.39, 0.29) is 24.2 Å². The molecule has 0 radical (unpaired) electrons. The lowest BCUT2D eigenvalue weighted by atomic mass is 10.1. The van der Waals surface area contributed by atoms with Crippen LogP contribution in [0, 0.1) is 0 Å². The van der Waals surface area contributed by atoms with Crippen LogP contribution in [0.25, 0.3) is 0 Å². The van der Waals surface area contributed by atoms with Crippen LogP contribution in [-0.2, 0) is 7.05 Å². The van der Waals surface area contributed by atoms with Gasteiger partial charge in [0.2, 0.25) is 0 Å². The van der Waals surface area contributed by atoms with Gasteiger partial charge in [-0.25, -0.2) is 4.79 Å². The molecule has 0 aliphatic carbocycles. The molecule has 2 unspecified atom stereocenters. The molecule has 0 saturated carbocycles. The molecule has 130 valence electrons. The second kappa shape index (κ2) is 7.81. The quantitative estimate of drug-likeness (QED) is 0.853. The maximum atomic E-state index is 12.3. The van der Waals surface area contributed by atoms with E-state index in [4.69, 9.17) is 4.74 Å². The molecular weight excluding hydrogens is 306 g/mol. The van der Waals surface area contributed by atoms with Crippen LogP contribution >= 0.6 is 0 Å². The molecular formula is C17H25N5O2. The standard InChI is InChI=1S/C17H25N5O2/c1-11(2)24-15-9-7-6-8-14(15)12(3)19-17(23)20-13(4)16-21-18-10-22(16)5/h6-13H,1-5H3,(H2,19,20,23). The average Bonchev–Trinajstić information content (AvgIpc) is 2.93. The SMILES string of the molecule is CC(C)Oc1ccccc1C(C)NC(=O)NC(C)c1nncn1C. The van der Waals surface area contributed by atoms with Crippen molar-refractivity contribution >= 4 is 6.03 Å². The Hall–Kier alpha value is -2.57. The molecule has 0 bridgehead atoms. The first kappa shape index (κ1) is 17.8. The number of nitrogens with zero attached hydrogens (tertiary/aromatic N) is 3. The van der Waals surface area contributed by atoms with Gasteiger partial charge in [0.05, 0.1) is 18.2 Å². The molecule has 0 spiro atoms. The summed E-state index contributed by atoms with van der Waals surface area (Å²) < 4.78 is 7.59. The first-order valence-corrected chi connectivity index (χ1v) is 8.05. The second-order valence-electron chi connectivity index (χ2n) is 6.07. The van der Waals surface area contributed by atoms with E-state index in [1.54, 1.807) is 10.9 Å². The Kier molecular flexibility index (Phi) is 5.78. The number of nitrogens with one attached hydrogen (secondary N) is 2. The molecule has 2 N–H and O–H groups in total. The van der Waals surface area contributed by atoms with Crippen LogP contribution < -0.4 is 15.4 Å². The number of carbonyl (C=O) groups is 1. The predicted molar refractivity (Wildman–Crippen MR) is 91.7 cm³/mol. The highest BCUT2D eigenvalue weighted by atomic mass is 16.5. The third kappa shape index (κ3) is 4.47. The number of hydrogen-bond acceptors (Lipinski definition) is 4. The number of ether oxygens (including phenoxy) is 1. The van der Waals surface area contributed by atoms with Gasteiger partial charge in [-0.15, -0.1) is 10.2 Å². The number of rotatable bonds is 6. The maximum absolute atomic E-state index is 12.3. The summed E-state index contributed by atoms with van der Waals surface area (Å²) in [5.74, 6) is 1.47. The van der Waals surface area contributed by atoms with Gasteiger partial charge in [-0.2, -0.15) is 0 Å². The van der Waals surface area contributed by atoms with E-state index in [1.807, 2.05) is 59.0 Å². The van der Waals surface area contributed by atoms with Gasteiger partial charge in [-0.3, -0.25) is 0 Å². The van der Waals surface area contributed by atoms with Crippen molar-refractivity contribution in [1.82, 2.24) is 25.4 Å². The first-order valence-electron chi connectivity index (χ1n) is 8.05. The molecule has 2 atom stereocenters. The van der Waals surface area contributed by atoms with E-state index < -0.39 is 0 Å². The lowest BCUT2D eigenvalue weighted by Crippen LogP contribution is -2.39. The third-order valence-electron chi connectivity index (χ3n) is 3.58.